The SMILES string of the molecule is CCON(OCC)C(C)c1ccc(C(=O)c2ccccc2)cc1. The zero-order chi connectivity index (χ0) is 16.7. The second-order valence-electron chi connectivity index (χ2n) is 5.11. The Balaban J connectivity index is 2.13. The van der Waals surface area contributed by atoms with Gasteiger partial charge in [-0.1, -0.05) is 59.8 Å². The van der Waals surface area contributed by atoms with Gasteiger partial charge in [0.15, 0.2) is 5.78 Å². The third-order valence-electron chi connectivity index (χ3n) is 3.52. The number of carbonyl (C=O) groups is 1. The molecule has 0 aliphatic carbocycles. The van der Waals surface area contributed by atoms with Crippen LogP contribution in [0.25, 0.3) is 0 Å². The highest BCUT2D eigenvalue weighted by atomic mass is 16.9. The van der Waals surface area contributed by atoms with Crippen LogP contribution in [0.2, 0.25) is 0 Å². The second kappa shape index (κ2) is 8.58. The lowest BCUT2D eigenvalue weighted by Crippen LogP contribution is -2.27. The Labute approximate surface area is 137 Å². The van der Waals surface area contributed by atoms with E-state index in [-0.39, 0.29) is 11.8 Å². The lowest BCUT2D eigenvalue weighted by Gasteiger charge is -2.26. The molecule has 0 bridgehead atoms. The molecule has 0 fully saturated rings. The molecular weight excluding hydrogens is 290 g/mol. The summed E-state index contributed by atoms with van der Waals surface area (Å²) in [6.07, 6.45) is 0. The number of hydroxylamine groups is 2. The highest BCUT2D eigenvalue weighted by molar-refractivity contribution is 6.08. The van der Waals surface area contributed by atoms with Crippen molar-refractivity contribution in [3.63, 3.8) is 0 Å². The minimum atomic E-state index is -0.0595. The summed E-state index contributed by atoms with van der Waals surface area (Å²) in [4.78, 5) is 23.4. The van der Waals surface area contributed by atoms with E-state index in [9.17, 15) is 4.79 Å². The Bertz CT molecular complexity index is 604. The zero-order valence-electron chi connectivity index (χ0n) is 13.9. The number of rotatable bonds is 8. The molecule has 0 spiro atoms. The molecule has 0 saturated heterocycles. The molecule has 4 heteroatoms. The predicted molar refractivity (Wildman–Crippen MR) is 89.8 cm³/mol. The van der Waals surface area contributed by atoms with E-state index in [0.29, 0.717) is 24.3 Å². The third-order valence-corrected chi connectivity index (χ3v) is 3.52. The Morgan fingerprint density at radius 2 is 1.43 bits per heavy atom. The van der Waals surface area contributed by atoms with Crippen molar-refractivity contribution in [3.8, 4) is 0 Å². The monoisotopic (exact) mass is 313 g/mol. The van der Waals surface area contributed by atoms with E-state index in [1.807, 2.05) is 75.4 Å². The average molecular weight is 313 g/mol. The molecule has 4 nitrogen and oxygen atoms in total. The van der Waals surface area contributed by atoms with E-state index in [1.165, 1.54) is 5.23 Å². The topological polar surface area (TPSA) is 38.8 Å². The first-order valence-electron chi connectivity index (χ1n) is 7.92. The second-order valence-corrected chi connectivity index (χ2v) is 5.11. The number of ketones is 1. The Hall–Kier alpha value is -2.01. The van der Waals surface area contributed by atoms with E-state index in [2.05, 4.69) is 0 Å². The fraction of sp³-hybridized carbons (Fsp3) is 0.316. The molecule has 0 heterocycles. The van der Waals surface area contributed by atoms with Gasteiger partial charge in [0, 0.05) is 11.1 Å². The summed E-state index contributed by atoms with van der Waals surface area (Å²) < 4.78 is 0. The summed E-state index contributed by atoms with van der Waals surface area (Å²) >= 11 is 0. The quantitative estimate of drug-likeness (QED) is 0.541. The maximum Gasteiger partial charge on any atom is 0.193 e. The van der Waals surface area contributed by atoms with Crippen molar-refractivity contribution in [1.29, 1.82) is 0 Å². The lowest BCUT2D eigenvalue weighted by atomic mass is 10.0. The van der Waals surface area contributed by atoms with Crippen LogP contribution in [0.5, 0.6) is 0 Å². The summed E-state index contributed by atoms with van der Waals surface area (Å²) in [5, 5.41) is 1.51. The maximum atomic E-state index is 12.4. The first kappa shape index (κ1) is 17.3. The van der Waals surface area contributed by atoms with Crippen LogP contribution in [-0.4, -0.2) is 24.2 Å². The van der Waals surface area contributed by atoms with Gasteiger partial charge in [0.25, 0.3) is 0 Å². The van der Waals surface area contributed by atoms with Gasteiger partial charge in [0.1, 0.15) is 0 Å². The molecule has 0 aliphatic rings. The Morgan fingerprint density at radius 1 is 0.913 bits per heavy atom. The molecule has 2 aromatic carbocycles. The number of carbonyl (C=O) groups excluding carboxylic acids is 1. The first-order valence-corrected chi connectivity index (χ1v) is 7.92. The van der Waals surface area contributed by atoms with E-state index in [4.69, 9.17) is 9.68 Å². The standard InChI is InChI=1S/C19H23NO3/c1-4-22-20(23-5-2)15(3)16-11-13-18(14-12-16)19(21)17-9-7-6-8-10-17/h6-15H,4-5H2,1-3H3. The number of nitrogens with zero attached hydrogens (tertiary/aromatic N) is 1. The highest BCUT2D eigenvalue weighted by Crippen LogP contribution is 2.22. The zero-order valence-corrected chi connectivity index (χ0v) is 13.9. The molecule has 1 unspecified atom stereocenters. The summed E-state index contributed by atoms with van der Waals surface area (Å²) in [5.41, 5.74) is 2.39. The molecule has 0 N–H and O–H groups in total. The van der Waals surface area contributed by atoms with Crippen LogP contribution in [0, 0.1) is 0 Å². The van der Waals surface area contributed by atoms with Gasteiger partial charge >= 0.3 is 0 Å². The van der Waals surface area contributed by atoms with Crippen molar-refractivity contribution in [2.24, 2.45) is 0 Å². The van der Waals surface area contributed by atoms with Gasteiger partial charge in [0.05, 0.1) is 19.3 Å². The molecule has 1 atom stereocenters. The summed E-state index contributed by atoms with van der Waals surface area (Å²) in [7, 11) is 0. The normalized spacial score (nSPS) is 12.3. The summed E-state index contributed by atoms with van der Waals surface area (Å²) in [6.45, 7) is 6.91. The van der Waals surface area contributed by atoms with Gasteiger partial charge in [-0.25, -0.2) is 0 Å². The molecule has 122 valence electrons. The predicted octanol–water partition coefficient (Wildman–Crippen LogP) is 4.18. The van der Waals surface area contributed by atoms with Gasteiger partial charge in [-0.2, -0.15) is 0 Å². The maximum absolute atomic E-state index is 12.4. The first-order chi connectivity index (χ1) is 11.2. The summed E-state index contributed by atoms with van der Waals surface area (Å²) in [5.74, 6) is 0.0243. The van der Waals surface area contributed by atoms with Crippen molar-refractivity contribution in [3.05, 3.63) is 71.3 Å². The van der Waals surface area contributed by atoms with Crippen molar-refractivity contribution in [2.45, 2.75) is 26.8 Å². The highest BCUT2D eigenvalue weighted by Gasteiger charge is 2.17. The molecular formula is C19H23NO3. The molecule has 2 rings (SSSR count). The molecule has 0 saturated carbocycles. The Kier molecular flexibility index (Phi) is 6.47. The minimum Gasteiger partial charge on any atom is -0.289 e. The summed E-state index contributed by atoms with van der Waals surface area (Å²) in [6, 6.07) is 16.8. The van der Waals surface area contributed by atoms with Crippen LogP contribution in [-0.2, 0) is 9.68 Å². The van der Waals surface area contributed by atoms with Crippen LogP contribution >= 0.6 is 0 Å². The lowest BCUT2D eigenvalue weighted by molar-refractivity contribution is -0.385. The third kappa shape index (κ3) is 4.48. The van der Waals surface area contributed by atoms with Gasteiger partial charge in [0.2, 0.25) is 0 Å². The largest absolute Gasteiger partial charge is 0.289 e. The van der Waals surface area contributed by atoms with Gasteiger partial charge in [-0.3, -0.25) is 14.5 Å². The van der Waals surface area contributed by atoms with E-state index < -0.39 is 0 Å². The van der Waals surface area contributed by atoms with Crippen LogP contribution in [0.4, 0.5) is 0 Å². The smallest absolute Gasteiger partial charge is 0.193 e. The molecule has 0 amide bonds. The van der Waals surface area contributed by atoms with Crippen LogP contribution in [0.1, 0.15) is 48.3 Å². The molecule has 23 heavy (non-hydrogen) atoms. The van der Waals surface area contributed by atoms with Crippen LogP contribution in [0.3, 0.4) is 0 Å². The molecule has 0 aromatic heterocycles. The molecule has 0 radical (unpaired) electrons. The van der Waals surface area contributed by atoms with E-state index >= 15 is 0 Å². The van der Waals surface area contributed by atoms with Gasteiger partial charge in [-0.15, -0.1) is 0 Å². The number of hydrogen-bond acceptors (Lipinski definition) is 4. The van der Waals surface area contributed by atoms with Crippen molar-refractivity contribution >= 4 is 5.78 Å². The van der Waals surface area contributed by atoms with Crippen LogP contribution in [0.15, 0.2) is 54.6 Å². The Morgan fingerprint density at radius 3 is 1.96 bits per heavy atom. The molecule has 2 aromatic rings. The minimum absolute atomic E-state index is 0.0243. The van der Waals surface area contributed by atoms with Crippen molar-refractivity contribution in [2.75, 3.05) is 13.2 Å². The van der Waals surface area contributed by atoms with E-state index in [1.54, 1.807) is 0 Å². The van der Waals surface area contributed by atoms with Gasteiger partial charge in [-0.05, 0) is 26.3 Å². The number of benzene rings is 2. The average Bonchev–Trinajstić information content (AvgIpc) is 2.61. The van der Waals surface area contributed by atoms with E-state index in [0.717, 1.165) is 5.56 Å². The van der Waals surface area contributed by atoms with Gasteiger partial charge < -0.3 is 0 Å². The fourth-order valence-electron chi connectivity index (χ4n) is 2.31. The number of hydrogen-bond donors (Lipinski definition) is 0. The van der Waals surface area contributed by atoms with Crippen LogP contribution < -0.4 is 0 Å². The van der Waals surface area contributed by atoms with Crippen molar-refractivity contribution in [1.82, 2.24) is 5.23 Å². The van der Waals surface area contributed by atoms with Crippen molar-refractivity contribution < 1.29 is 14.5 Å². The molecule has 0 aliphatic heterocycles. The fourth-order valence-corrected chi connectivity index (χ4v) is 2.31.